The molecule has 0 aliphatic heterocycles. The number of esters is 1. The topological polar surface area (TPSA) is 146 Å². The predicted octanol–water partition coefficient (Wildman–Crippen LogP) is 8.15. The number of methoxy groups -OCH3 is 1. The first-order chi connectivity index (χ1) is 27.6. The van der Waals surface area contributed by atoms with E-state index in [1.165, 1.54) is 49.6 Å². The molecule has 12 heteroatoms. The summed E-state index contributed by atoms with van der Waals surface area (Å²) in [5, 5.41) is 23.4. The summed E-state index contributed by atoms with van der Waals surface area (Å²) >= 11 is 0. The molecular formula is C45H42N2O9S. The molecule has 0 radical (unpaired) electrons. The maximum absolute atomic E-state index is 13.7. The highest BCUT2D eigenvalue weighted by Crippen LogP contribution is 2.32. The van der Waals surface area contributed by atoms with Crippen molar-refractivity contribution in [2.75, 3.05) is 20.2 Å². The number of nitrogens with zero attached hydrogens (tertiary/aromatic N) is 2. The van der Waals surface area contributed by atoms with E-state index in [1.54, 1.807) is 18.2 Å². The monoisotopic (exact) mass is 786 g/mol. The first-order valence-electron chi connectivity index (χ1n) is 18.2. The van der Waals surface area contributed by atoms with Crippen LogP contribution in [0.15, 0.2) is 161 Å². The van der Waals surface area contributed by atoms with Crippen LogP contribution in [0.4, 0.5) is 5.69 Å². The van der Waals surface area contributed by atoms with E-state index in [0.717, 1.165) is 22.3 Å². The van der Waals surface area contributed by atoms with Crippen molar-refractivity contribution in [1.82, 2.24) is 4.90 Å². The van der Waals surface area contributed by atoms with Crippen molar-refractivity contribution in [1.29, 1.82) is 0 Å². The summed E-state index contributed by atoms with van der Waals surface area (Å²) in [6, 6.07) is 43.6. The zero-order valence-corrected chi connectivity index (χ0v) is 32.1. The number of rotatable bonds is 18. The molecule has 0 unspecified atom stereocenters. The molecule has 0 fully saturated rings. The molecule has 57 heavy (non-hydrogen) atoms. The van der Waals surface area contributed by atoms with Gasteiger partial charge in [0.1, 0.15) is 24.5 Å². The third kappa shape index (κ3) is 10.7. The Morgan fingerprint density at radius 3 is 1.82 bits per heavy atom. The Morgan fingerprint density at radius 1 is 0.702 bits per heavy atom. The Labute approximate surface area is 331 Å². The lowest BCUT2D eigenvalue weighted by Gasteiger charge is -2.25. The number of ether oxygens (including phenoxy) is 3. The van der Waals surface area contributed by atoms with Gasteiger partial charge in [-0.1, -0.05) is 109 Å². The van der Waals surface area contributed by atoms with E-state index in [4.69, 9.17) is 14.2 Å². The fourth-order valence-corrected chi connectivity index (χ4v) is 7.52. The van der Waals surface area contributed by atoms with E-state index in [-0.39, 0.29) is 52.3 Å². The summed E-state index contributed by atoms with van der Waals surface area (Å²) in [5.74, 6) is -0.410. The minimum absolute atomic E-state index is 0.00578. The van der Waals surface area contributed by atoms with Crippen LogP contribution >= 0.6 is 0 Å². The van der Waals surface area contributed by atoms with Gasteiger partial charge < -0.3 is 19.3 Å². The standard InChI is InChI=1S/C45H42N2O9S/c1-54-45(49)40-28-39(22-24-43(40)55-31-35-13-7-3-8-14-35)57(52,53)38-20-17-33(18-21-38)25-26-46(29-34-11-5-2-6-12-34)30-42(48)37-19-23-44(41(27-37)47(50)51)56-32-36-15-9-4-10-16-36/h2-24,27-28,42,48H,25-26,29-32H2,1H3/t42-/m0/s1. The number of sulfone groups is 1. The Hall–Kier alpha value is -6.34. The van der Waals surface area contributed by atoms with E-state index >= 15 is 0 Å². The fraction of sp³-hybridized carbons (Fsp3) is 0.178. The molecule has 0 aromatic heterocycles. The number of nitro benzene ring substituents is 1. The second-order valence-corrected chi connectivity index (χ2v) is 15.3. The van der Waals surface area contributed by atoms with E-state index in [9.17, 15) is 28.4 Å². The molecule has 0 aliphatic rings. The van der Waals surface area contributed by atoms with E-state index in [1.807, 2.05) is 95.9 Å². The van der Waals surface area contributed by atoms with Crippen molar-refractivity contribution < 1.29 is 37.5 Å². The molecule has 0 saturated carbocycles. The molecule has 0 spiro atoms. The Morgan fingerprint density at radius 2 is 1.25 bits per heavy atom. The van der Waals surface area contributed by atoms with E-state index < -0.39 is 26.8 Å². The number of aliphatic hydroxyl groups is 1. The zero-order chi connectivity index (χ0) is 40.2. The second-order valence-electron chi connectivity index (χ2n) is 13.3. The van der Waals surface area contributed by atoms with Crippen LogP contribution in [0.5, 0.6) is 11.5 Å². The quantitative estimate of drug-likeness (QED) is 0.0515. The average Bonchev–Trinajstić information content (AvgIpc) is 3.24. The summed E-state index contributed by atoms with van der Waals surface area (Å²) in [6.07, 6.45) is -0.528. The van der Waals surface area contributed by atoms with Crippen LogP contribution in [-0.4, -0.2) is 49.5 Å². The number of carbonyl (C=O) groups excluding carboxylic acids is 1. The molecule has 1 atom stereocenters. The first kappa shape index (κ1) is 40.3. The van der Waals surface area contributed by atoms with Gasteiger partial charge in [-0.3, -0.25) is 15.0 Å². The molecule has 6 rings (SSSR count). The van der Waals surface area contributed by atoms with Crippen molar-refractivity contribution >= 4 is 21.5 Å². The number of carbonyl (C=O) groups is 1. The molecule has 0 aliphatic carbocycles. The second kappa shape index (κ2) is 19.0. The minimum Gasteiger partial charge on any atom is -0.488 e. The van der Waals surface area contributed by atoms with Gasteiger partial charge in [0, 0.05) is 25.7 Å². The SMILES string of the molecule is COC(=O)c1cc(S(=O)(=O)c2ccc(CCN(Cc3ccccc3)C[C@H](O)c3ccc(OCc4ccccc4)c([N+](=O)[O-])c3)cc2)ccc1OCc1ccccc1. The Bertz CT molecular complexity index is 2380. The van der Waals surface area contributed by atoms with Crippen molar-refractivity contribution in [2.45, 2.75) is 42.1 Å². The highest BCUT2D eigenvalue weighted by molar-refractivity contribution is 7.91. The van der Waals surface area contributed by atoms with Gasteiger partial charge in [0.05, 0.1) is 27.9 Å². The number of benzene rings is 6. The number of nitro groups is 1. The smallest absolute Gasteiger partial charge is 0.341 e. The predicted molar refractivity (Wildman–Crippen MR) is 215 cm³/mol. The minimum atomic E-state index is -4.02. The molecular weight excluding hydrogens is 745 g/mol. The van der Waals surface area contributed by atoms with Gasteiger partial charge >= 0.3 is 11.7 Å². The molecule has 1 N–H and O–H groups in total. The molecule has 0 bridgehead atoms. The Balaban J connectivity index is 1.14. The summed E-state index contributed by atoms with van der Waals surface area (Å²) in [5.41, 5.74) is 3.77. The number of aliphatic hydroxyl groups excluding tert-OH is 1. The summed E-state index contributed by atoms with van der Waals surface area (Å²) < 4.78 is 44.0. The van der Waals surface area contributed by atoms with Crippen molar-refractivity contribution in [2.24, 2.45) is 0 Å². The first-order valence-corrected chi connectivity index (χ1v) is 19.7. The van der Waals surface area contributed by atoms with E-state index in [0.29, 0.717) is 25.1 Å². The molecule has 0 saturated heterocycles. The van der Waals surface area contributed by atoms with Crippen LogP contribution in [0.2, 0.25) is 0 Å². The third-order valence-electron chi connectivity index (χ3n) is 9.34. The van der Waals surface area contributed by atoms with Crippen LogP contribution in [-0.2, 0) is 40.8 Å². The molecule has 292 valence electrons. The fourth-order valence-electron chi connectivity index (χ4n) is 6.23. The normalized spacial score (nSPS) is 11.8. The lowest BCUT2D eigenvalue weighted by molar-refractivity contribution is -0.386. The molecule has 11 nitrogen and oxygen atoms in total. The third-order valence-corrected chi connectivity index (χ3v) is 11.1. The summed E-state index contributed by atoms with van der Waals surface area (Å²) in [4.78, 5) is 26.2. The van der Waals surface area contributed by atoms with Crippen molar-refractivity contribution in [3.63, 3.8) is 0 Å². The Kier molecular flexibility index (Phi) is 13.4. The van der Waals surface area contributed by atoms with Gasteiger partial charge in [-0.2, -0.15) is 0 Å². The lowest BCUT2D eigenvalue weighted by Crippen LogP contribution is -2.30. The molecule has 6 aromatic rings. The highest BCUT2D eigenvalue weighted by atomic mass is 32.2. The average molecular weight is 787 g/mol. The van der Waals surface area contributed by atoms with Crippen LogP contribution in [0.25, 0.3) is 0 Å². The van der Waals surface area contributed by atoms with E-state index in [2.05, 4.69) is 0 Å². The maximum Gasteiger partial charge on any atom is 0.341 e. The highest BCUT2D eigenvalue weighted by Gasteiger charge is 2.24. The molecule has 0 heterocycles. The van der Waals surface area contributed by atoms with Crippen molar-refractivity contribution in [3.8, 4) is 11.5 Å². The lowest BCUT2D eigenvalue weighted by atomic mass is 10.1. The van der Waals surface area contributed by atoms with Gasteiger partial charge in [-0.25, -0.2) is 13.2 Å². The van der Waals surface area contributed by atoms with Gasteiger partial charge in [0.2, 0.25) is 9.84 Å². The number of hydrogen-bond donors (Lipinski definition) is 1. The van der Waals surface area contributed by atoms with Crippen LogP contribution in [0.1, 0.15) is 44.3 Å². The van der Waals surface area contributed by atoms with Gasteiger partial charge in [-0.05, 0) is 70.6 Å². The van der Waals surface area contributed by atoms with Crippen molar-refractivity contribution in [3.05, 3.63) is 195 Å². The number of hydrogen-bond acceptors (Lipinski definition) is 10. The van der Waals surface area contributed by atoms with Crippen LogP contribution in [0, 0.1) is 10.1 Å². The van der Waals surface area contributed by atoms with Gasteiger partial charge in [0.25, 0.3) is 0 Å². The summed E-state index contributed by atoms with van der Waals surface area (Å²) in [7, 11) is -2.80. The maximum atomic E-state index is 13.7. The largest absolute Gasteiger partial charge is 0.488 e. The van der Waals surface area contributed by atoms with Crippen LogP contribution < -0.4 is 9.47 Å². The van der Waals surface area contributed by atoms with Crippen LogP contribution in [0.3, 0.4) is 0 Å². The van der Waals surface area contributed by atoms with Gasteiger partial charge in [-0.15, -0.1) is 0 Å². The zero-order valence-electron chi connectivity index (χ0n) is 31.3. The molecule has 6 aromatic carbocycles. The van der Waals surface area contributed by atoms with Gasteiger partial charge in [0.15, 0.2) is 5.75 Å². The summed E-state index contributed by atoms with van der Waals surface area (Å²) in [6.45, 7) is 1.51. The molecule has 0 amide bonds.